The monoisotopic (exact) mass is 383 g/mol. The summed E-state index contributed by atoms with van der Waals surface area (Å²) in [6, 6.07) is 10.9. The van der Waals surface area contributed by atoms with E-state index in [-0.39, 0.29) is 5.92 Å². The molecule has 2 aliphatic carbocycles. The predicted molar refractivity (Wildman–Crippen MR) is 112 cm³/mol. The lowest BCUT2D eigenvalue weighted by molar-refractivity contribution is -0.00340. The zero-order valence-electron chi connectivity index (χ0n) is 17.2. The highest BCUT2D eigenvalue weighted by atomic mass is 19.1. The first-order valence-electron chi connectivity index (χ1n) is 11.2. The first-order chi connectivity index (χ1) is 13.7. The topological polar surface area (TPSA) is 33.0 Å². The standard InChI is InChI=1S/C25H34FNO/c1-2-3-19-8-10-22(11-9-19)23-12-14-25(15-13-23)28-18-21-6-4-20(5-7-21)16-24(26)17-27/h8-11,16,20-21,23,25H,2-7,12-15,18H2,1H3/t20-,21-,23-,25-. The number of aryl methyl sites for hydroxylation is 1. The zero-order valence-corrected chi connectivity index (χ0v) is 17.2. The number of ether oxygens (including phenoxy) is 1. The van der Waals surface area contributed by atoms with Crippen molar-refractivity contribution in [3.8, 4) is 6.07 Å². The van der Waals surface area contributed by atoms with Crippen molar-refractivity contribution in [1.82, 2.24) is 0 Å². The number of hydrogen-bond acceptors (Lipinski definition) is 2. The summed E-state index contributed by atoms with van der Waals surface area (Å²) in [5, 5.41) is 8.56. The number of nitriles is 1. The second-order valence-corrected chi connectivity index (χ2v) is 8.71. The fourth-order valence-corrected chi connectivity index (χ4v) is 4.85. The van der Waals surface area contributed by atoms with Gasteiger partial charge in [-0.1, -0.05) is 37.6 Å². The normalized spacial score (nSPS) is 28.7. The van der Waals surface area contributed by atoms with Crippen molar-refractivity contribution in [3.63, 3.8) is 0 Å². The lowest BCUT2D eigenvalue weighted by Crippen LogP contribution is -2.25. The SMILES string of the molecule is CCCc1ccc([C@H]2CC[C@H](OC[C@H]3CC[C@H](C=C(F)C#N)CC3)CC2)cc1. The molecule has 2 aliphatic rings. The van der Waals surface area contributed by atoms with Crippen LogP contribution < -0.4 is 0 Å². The lowest BCUT2D eigenvalue weighted by Gasteiger charge is -2.32. The molecule has 0 heterocycles. The molecule has 1 aromatic rings. The van der Waals surface area contributed by atoms with Crippen LogP contribution in [-0.2, 0) is 11.2 Å². The Morgan fingerprint density at radius 2 is 1.75 bits per heavy atom. The number of rotatable bonds is 7. The summed E-state index contributed by atoms with van der Waals surface area (Å²) in [4.78, 5) is 0. The van der Waals surface area contributed by atoms with E-state index in [4.69, 9.17) is 10.00 Å². The van der Waals surface area contributed by atoms with Crippen molar-refractivity contribution >= 4 is 0 Å². The second kappa shape index (κ2) is 10.8. The molecule has 0 unspecified atom stereocenters. The molecule has 3 heteroatoms. The molecule has 0 aliphatic heterocycles. The third-order valence-corrected chi connectivity index (χ3v) is 6.61. The lowest BCUT2D eigenvalue weighted by atomic mass is 9.81. The van der Waals surface area contributed by atoms with Crippen LogP contribution in [0, 0.1) is 23.2 Å². The van der Waals surface area contributed by atoms with Gasteiger partial charge in [-0.05, 0) is 92.7 Å². The maximum atomic E-state index is 13.1. The van der Waals surface area contributed by atoms with Crippen LogP contribution in [0.15, 0.2) is 36.2 Å². The fourth-order valence-electron chi connectivity index (χ4n) is 4.85. The Morgan fingerprint density at radius 1 is 1.07 bits per heavy atom. The van der Waals surface area contributed by atoms with E-state index in [1.807, 2.05) is 0 Å². The van der Waals surface area contributed by atoms with Gasteiger partial charge in [-0.3, -0.25) is 0 Å². The third-order valence-electron chi connectivity index (χ3n) is 6.61. The Labute approximate surface area is 169 Å². The summed E-state index contributed by atoms with van der Waals surface area (Å²) in [5.74, 6) is 0.887. The van der Waals surface area contributed by atoms with Crippen molar-refractivity contribution in [2.75, 3.05) is 6.61 Å². The number of hydrogen-bond donors (Lipinski definition) is 0. The van der Waals surface area contributed by atoms with Crippen LogP contribution in [0.2, 0.25) is 0 Å². The highest BCUT2D eigenvalue weighted by Crippen LogP contribution is 2.35. The highest BCUT2D eigenvalue weighted by molar-refractivity contribution is 5.26. The van der Waals surface area contributed by atoms with Gasteiger partial charge in [-0.15, -0.1) is 0 Å². The minimum absolute atomic E-state index is 0.232. The van der Waals surface area contributed by atoms with Gasteiger partial charge in [0.1, 0.15) is 6.07 Å². The molecule has 0 saturated heterocycles. The van der Waals surface area contributed by atoms with Crippen molar-refractivity contribution in [1.29, 1.82) is 5.26 Å². The van der Waals surface area contributed by atoms with E-state index in [1.54, 1.807) is 6.07 Å². The summed E-state index contributed by atoms with van der Waals surface area (Å²) in [7, 11) is 0. The van der Waals surface area contributed by atoms with Gasteiger partial charge in [0.25, 0.3) is 0 Å². The Bertz CT molecular complexity index is 659. The van der Waals surface area contributed by atoms with Gasteiger partial charge < -0.3 is 4.74 Å². The summed E-state index contributed by atoms with van der Waals surface area (Å²) < 4.78 is 19.3. The minimum atomic E-state index is -0.628. The van der Waals surface area contributed by atoms with Crippen molar-refractivity contribution in [2.24, 2.45) is 11.8 Å². The summed E-state index contributed by atoms with van der Waals surface area (Å²) >= 11 is 0. The fraction of sp³-hybridized carbons (Fsp3) is 0.640. The van der Waals surface area contributed by atoms with Gasteiger partial charge in [0.2, 0.25) is 0 Å². The van der Waals surface area contributed by atoms with Crippen molar-refractivity contribution < 1.29 is 9.13 Å². The molecule has 1 aromatic carbocycles. The minimum Gasteiger partial charge on any atom is -0.378 e. The summed E-state index contributed by atoms with van der Waals surface area (Å²) in [6.07, 6.45) is 13.2. The first kappa shape index (κ1) is 21.1. The molecule has 0 radical (unpaired) electrons. The van der Waals surface area contributed by atoms with E-state index in [9.17, 15) is 4.39 Å². The van der Waals surface area contributed by atoms with Gasteiger partial charge in [0.05, 0.1) is 6.10 Å². The van der Waals surface area contributed by atoms with Crippen LogP contribution in [0.3, 0.4) is 0 Å². The Kier molecular flexibility index (Phi) is 8.10. The maximum absolute atomic E-state index is 13.1. The largest absolute Gasteiger partial charge is 0.378 e. The molecule has 28 heavy (non-hydrogen) atoms. The number of benzene rings is 1. The second-order valence-electron chi connectivity index (χ2n) is 8.71. The molecule has 0 amide bonds. The molecule has 2 saturated carbocycles. The molecule has 0 aromatic heterocycles. The Balaban J connectivity index is 1.35. The smallest absolute Gasteiger partial charge is 0.196 e. The molecule has 0 atom stereocenters. The van der Waals surface area contributed by atoms with Crippen LogP contribution >= 0.6 is 0 Å². The van der Waals surface area contributed by atoms with Crippen molar-refractivity contribution in [2.45, 2.75) is 83.2 Å². The van der Waals surface area contributed by atoms with Crippen LogP contribution in [0.25, 0.3) is 0 Å². The van der Waals surface area contributed by atoms with Crippen LogP contribution in [0.1, 0.15) is 81.8 Å². The van der Waals surface area contributed by atoms with E-state index < -0.39 is 5.83 Å². The van der Waals surface area contributed by atoms with Gasteiger partial charge in [-0.2, -0.15) is 9.65 Å². The van der Waals surface area contributed by atoms with E-state index in [0.29, 0.717) is 17.9 Å². The number of halogens is 1. The van der Waals surface area contributed by atoms with Gasteiger partial charge in [0, 0.05) is 6.61 Å². The first-order valence-corrected chi connectivity index (χ1v) is 11.2. The predicted octanol–water partition coefficient (Wildman–Crippen LogP) is 6.87. The number of allylic oxidation sites excluding steroid dienone is 2. The van der Waals surface area contributed by atoms with Gasteiger partial charge in [-0.25, -0.2) is 0 Å². The molecule has 0 spiro atoms. The quantitative estimate of drug-likeness (QED) is 0.482. The van der Waals surface area contributed by atoms with Crippen LogP contribution in [-0.4, -0.2) is 12.7 Å². The molecule has 0 bridgehead atoms. The van der Waals surface area contributed by atoms with Gasteiger partial charge >= 0.3 is 0 Å². The van der Waals surface area contributed by atoms with Crippen LogP contribution in [0.4, 0.5) is 4.39 Å². The number of nitrogens with zero attached hydrogens (tertiary/aromatic N) is 1. The van der Waals surface area contributed by atoms with Crippen molar-refractivity contribution in [3.05, 3.63) is 47.3 Å². The molecule has 0 N–H and O–H groups in total. The van der Waals surface area contributed by atoms with Gasteiger partial charge in [0.15, 0.2) is 5.83 Å². The Morgan fingerprint density at radius 3 is 2.36 bits per heavy atom. The van der Waals surface area contributed by atoms with Crippen LogP contribution in [0.5, 0.6) is 0 Å². The summed E-state index contributed by atoms with van der Waals surface area (Å²) in [6.45, 7) is 3.07. The average Bonchev–Trinajstić information content (AvgIpc) is 2.74. The molecule has 152 valence electrons. The maximum Gasteiger partial charge on any atom is 0.196 e. The Hall–Kier alpha value is -1.66. The van der Waals surface area contributed by atoms with E-state index in [2.05, 4.69) is 31.2 Å². The summed E-state index contributed by atoms with van der Waals surface area (Å²) in [5.41, 5.74) is 2.94. The van der Waals surface area contributed by atoms with E-state index in [0.717, 1.165) is 45.1 Å². The third kappa shape index (κ3) is 6.17. The molecular weight excluding hydrogens is 349 g/mol. The molecule has 2 fully saturated rings. The average molecular weight is 384 g/mol. The molecule has 3 rings (SSSR count). The zero-order chi connectivity index (χ0) is 19.8. The molecular formula is C25H34FNO. The van der Waals surface area contributed by atoms with E-state index >= 15 is 0 Å². The highest BCUT2D eigenvalue weighted by Gasteiger charge is 2.25. The molecule has 2 nitrogen and oxygen atoms in total. The van der Waals surface area contributed by atoms with E-state index in [1.165, 1.54) is 42.9 Å².